The molecule has 0 heterocycles. The van der Waals surface area contributed by atoms with Crippen molar-refractivity contribution in [2.75, 3.05) is 6.54 Å². The zero-order valence-electron chi connectivity index (χ0n) is 6.63. The Bertz CT molecular complexity index is 134. The summed E-state index contributed by atoms with van der Waals surface area (Å²) in [5.74, 6) is 0.448. The van der Waals surface area contributed by atoms with Gasteiger partial charge in [-0.1, -0.05) is 22.9 Å². The van der Waals surface area contributed by atoms with Crippen LogP contribution in [-0.2, 0) is 0 Å². The molecule has 0 aliphatic heterocycles. The van der Waals surface area contributed by atoms with Gasteiger partial charge in [0.1, 0.15) is 6.23 Å². The summed E-state index contributed by atoms with van der Waals surface area (Å²) < 4.78 is 0. The lowest BCUT2D eigenvalue weighted by molar-refractivity contribution is 0.131. The minimum Gasteiger partial charge on any atom is -0.377 e. The van der Waals surface area contributed by atoms with E-state index in [9.17, 15) is 5.11 Å². The van der Waals surface area contributed by atoms with Gasteiger partial charge < -0.3 is 10.8 Å². The third-order valence-corrected chi connectivity index (χ3v) is 3.19. The predicted octanol–water partition coefficient (Wildman–Crippen LogP) is 0.0250. The SMILES string of the molecule is CCNC(O)C(Br)C1CC1N. The van der Waals surface area contributed by atoms with Crippen molar-refractivity contribution >= 4 is 15.9 Å². The lowest BCUT2D eigenvalue weighted by Gasteiger charge is -2.17. The summed E-state index contributed by atoms with van der Waals surface area (Å²) >= 11 is 3.42. The molecular formula is C7H15BrN2O. The number of aliphatic hydroxyl groups is 1. The van der Waals surface area contributed by atoms with E-state index in [2.05, 4.69) is 21.2 Å². The van der Waals surface area contributed by atoms with Crippen LogP contribution in [0.4, 0.5) is 0 Å². The van der Waals surface area contributed by atoms with E-state index >= 15 is 0 Å². The minimum atomic E-state index is -0.460. The highest BCUT2D eigenvalue weighted by Gasteiger charge is 2.41. The maximum atomic E-state index is 9.43. The highest BCUT2D eigenvalue weighted by Crippen LogP contribution is 2.36. The van der Waals surface area contributed by atoms with Gasteiger partial charge in [0.25, 0.3) is 0 Å². The van der Waals surface area contributed by atoms with Crippen molar-refractivity contribution in [2.24, 2.45) is 11.7 Å². The van der Waals surface area contributed by atoms with Crippen LogP contribution in [0.3, 0.4) is 0 Å². The van der Waals surface area contributed by atoms with Crippen LogP contribution in [0.2, 0.25) is 0 Å². The summed E-state index contributed by atoms with van der Waals surface area (Å²) in [5, 5.41) is 12.4. The van der Waals surface area contributed by atoms with Gasteiger partial charge in [0, 0.05) is 6.04 Å². The van der Waals surface area contributed by atoms with Crippen LogP contribution in [-0.4, -0.2) is 28.7 Å². The Hall–Kier alpha value is 0.360. The van der Waals surface area contributed by atoms with Crippen LogP contribution in [0.5, 0.6) is 0 Å². The first-order valence-electron chi connectivity index (χ1n) is 3.98. The van der Waals surface area contributed by atoms with E-state index < -0.39 is 6.23 Å². The van der Waals surface area contributed by atoms with Crippen LogP contribution in [0.25, 0.3) is 0 Å². The second-order valence-electron chi connectivity index (χ2n) is 3.01. The van der Waals surface area contributed by atoms with E-state index in [-0.39, 0.29) is 10.9 Å². The number of nitrogens with two attached hydrogens (primary N) is 1. The Labute approximate surface area is 75.5 Å². The molecule has 3 nitrogen and oxygen atoms in total. The molecule has 1 aliphatic carbocycles. The number of nitrogens with one attached hydrogen (secondary N) is 1. The zero-order valence-corrected chi connectivity index (χ0v) is 8.21. The van der Waals surface area contributed by atoms with Crippen molar-refractivity contribution in [3.63, 3.8) is 0 Å². The van der Waals surface area contributed by atoms with Crippen LogP contribution >= 0.6 is 15.9 Å². The summed E-state index contributed by atoms with van der Waals surface area (Å²) in [6.07, 6.45) is 0.566. The first kappa shape index (κ1) is 9.45. The Morgan fingerprint density at radius 1 is 1.82 bits per heavy atom. The lowest BCUT2D eigenvalue weighted by atomic mass is 10.2. The molecule has 4 atom stereocenters. The minimum absolute atomic E-state index is 0.109. The molecule has 1 rings (SSSR count). The molecule has 0 spiro atoms. The molecule has 4 unspecified atom stereocenters. The molecule has 1 fully saturated rings. The molecule has 66 valence electrons. The highest BCUT2D eigenvalue weighted by atomic mass is 79.9. The van der Waals surface area contributed by atoms with Gasteiger partial charge in [-0.25, -0.2) is 0 Å². The van der Waals surface area contributed by atoms with Gasteiger partial charge in [0.2, 0.25) is 0 Å². The Balaban J connectivity index is 2.23. The van der Waals surface area contributed by atoms with E-state index in [1.165, 1.54) is 0 Å². The molecule has 4 N–H and O–H groups in total. The number of aliphatic hydroxyl groups excluding tert-OH is 1. The molecule has 0 radical (unpaired) electrons. The van der Waals surface area contributed by atoms with Gasteiger partial charge in [-0.3, -0.25) is 5.32 Å². The van der Waals surface area contributed by atoms with E-state index in [1.54, 1.807) is 0 Å². The number of rotatable bonds is 4. The molecule has 1 aliphatic rings. The van der Waals surface area contributed by atoms with E-state index in [1.807, 2.05) is 6.92 Å². The largest absolute Gasteiger partial charge is 0.377 e. The molecule has 0 saturated heterocycles. The lowest BCUT2D eigenvalue weighted by Crippen LogP contribution is -2.38. The third kappa shape index (κ3) is 2.40. The maximum Gasteiger partial charge on any atom is 0.117 e. The fourth-order valence-electron chi connectivity index (χ4n) is 1.16. The average molecular weight is 223 g/mol. The molecule has 0 aromatic rings. The number of hydrogen-bond donors (Lipinski definition) is 3. The van der Waals surface area contributed by atoms with Crippen LogP contribution in [0.1, 0.15) is 13.3 Å². The second-order valence-corrected chi connectivity index (χ2v) is 4.07. The van der Waals surface area contributed by atoms with Crippen molar-refractivity contribution in [3.05, 3.63) is 0 Å². The first-order valence-corrected chi connectivity index (χ1v) is 4.89. The zero-order chi connectivity index (χ0) is 8.43. The van der Waals surface area contributed by atoms with Crippen molar-refractivity contribution < 1.29 is 5.11 Å². The maximum absolute atomic E-state index is 9.43. The molecule has 1 saturated carbocycles. The van der Waals surface area contributed by atoms with Gasteiger partial charge in [-0.15, -0.1) is 0 Å². The normalized spacial score (nSPS) is 34.9. The standard InChI is InChI=1S/C7H15BrN2O/c1-2-10-7(11)6(8)4-3-5(4)9/h4-7,10-11H,2-3,9H2,1H3. The van der Waals surface area contributed by atoms with Crippen LogP contribution < -0.4 is 11.1 Å². The monoisotopic (exact) mass is 222 g/mol. The van der Waals surface area contributed by atoms with Crippen molar-refractivity contribution in [3.8, 4) is 0 Å². The fourth-order valence-corrected chi connectivity index (χ4v) is 1.95. The van der Waals surface area contributed by atoms with Gasteiger partial charge in [0.15, 0.2) is 0 Å². The molecule has 0 aromatic carbocycles. The van der Waals surface area contributed by atoms with E-state index in [0.717, 1.165) is 13.0 Å². The summed E-state index contributed by atoms with van der Waals surface area (Å²) in [6.45, 7) is 2.75. The molecule has 4 heteroatoms. The molecule has 0 bridgehead atoms. The van der Waals surface area contributed by atoms with E-state index in [0.29, 0.717) is 5.92 Å². The van der Waals surface area contributed by atoms with Crippen LogP contribution in [0, 0.1) is 5.92 Å². The summed E-state index contributed by atoms with van der Waals surface area (Å²) in [5.41, 5.74) is 5.63. The van der Waals surface area contributed by atoms with Crippen molar-refractivity contribution in [1.82, 2.24) is 5.32 Å². The first-order chi connectivity index (χ1) is 5.16. The molecular weight excluding hydrogens is 208 g/mol. The molecule has 0 amide bonds. The quantitative estimate of drug-likeness (QED) is 0.465. The highest BCUT2D eigenvalue weighted by molar-refractivity contribution is 9.09. The summed E-state index contributed by atoms with van der Waals surface area (Å²) in [7, 11) is 0. The molecule has 0 aromatic heterocycles. The van der Waals surface area contributed by atoms with E-state index in [4.69, 9.17) is 5.73 Å². The number of hydrogen-bond acceptors (Lipinski definition) is 3. The number of alkyl halides is 1. The average Bonchev–Trinajstić information content (AvgIpc) is 2.66. The Kier molecular flexibility index (Phi) is 3.30. The Morgan fingerprint density at radius 3 is 2.73 bits per heavy atom. The van der Waals surface area contributed by atoms with Gasteiger partial charge >= 0.3 is 0 Å². The van der Waals surface area contributed by atoms with Gasteiger partial charge in [0.05, 0.1) is 4.83 Å². The van der Waals surface area contributed by atoms with Gasteiger partial charge in [-0.2, -0.15) is 0 Å². The fraction of sp³-hybridized carbons (Fsp3) is 1.00. The summed E-state index contributed by atoms with van der Waals surface area (Å²) in [4.78, 5) is 0.109. The van der Waals surface area contributed by atoms with Gasteiger partial charge in [-0.05, 0) is 18.9 Å². The summed E-state index contributed by atoms with van der Waals surface area (Å²) in [6, 6.07) is 0.285. The van der Waals surface area contributed by atoms with Crippen molar-refractivity contribution in [2.45, 2.75) is 30.4 Å². The predicted molar refractivity (Wildman–Crippen MR) is 48.5 cm³/mol. The van der Waals surface area contributed by atoms with Crippen molar-refractivity contribution in [1.29, 1.82) is 0 Å². The smallest absolute Gasteiger partial charge is 0.117 e. The number of halogens is 1. The second kappa shape index (κ2) is 3.85. The Morgan fingerprint density at radius 2 is 2.36 bits per heavy atom. The topological polar surface area (TPSA) is 58.3 Å². The third-order valence-electron chi connectivity index (χ3n) is 2.02. The van der Waals surface area contributed by atoms with Crippen LogP contribution in [0.15, 0.2) is 0 Å². The molecule has 11 heavy (non-hydrogen) atoms.